The molecule has 5 heteroatoms. The van der Waals surface area contributed by atoms with E-state index in [0.29, 0.717) is 17.5 Å². The molecule has 0 fully saturated rings. The molecule has 72 valence electrons. The predicted octanol–water partition coefficient (Wildman–Crippen LogP) is 2.97. The molecule has 0 unspecified atom stereocenters. The van der Waals surface area contributed by atoms with Gasteiger partial charge in [0.05, 0.1) is 5.88 Å². The molecule has 3 nitrogen and oxygen atoms in total. The molecule has 0 saturated heterocycles. The Morgan fingerprint density at radius 1 is 1.43 bits per heavy atom. The second-order valence-corrected chi connectivity index (χ2v) is 3.93. The normalized spacial score (nSPS) is 10.4. The van der Waals surface area contributed by atoms with E-state index in [0.717, 1.165) is 10.0 Å². The van der Waals surface area contributed by atoms with E-state index < -0.39 is 0 Å². The summed E-state index contributed by atoms with van der Waals surface area (Å²) < 4.78 is 1.01. The Bertz CT molecular complexity index is 441. The summed E-state index contributed by atoms with van der Waals surface area (Å²) in [6.07, 6.45) is 0. The van der Waals surface area contributed by atoms with Crippen LogP contribution >= 0.6 is 27.5 Å². The standard InChI is InChI=1S/C9H7BrClN3/c10-7-3-1-2-6(4-7)9-12-8(5-11)13-14-9/h1-4H,5H2,(H,12,13,14). The summed E-state index contributed by atoms with van der Waals surface area (Å²) in [5.74, 6) is 1.70. The van der Waals surface area contributed by atoms with Gasteiger partial charge in [-0.2, -0.15) is 5.10 Å². The number of benzene rings is 1. The highest BCUT2D eigenvalue weighted by Gasteiger charge is 2.04. The van der Waals surface area contributed by atoms with Crippen molar-refractivity contribution in [3.05, 3.63) is 34.6 Å². The molecule has 0 aliphatic rings. The first-order valence-electron chi connectivity index (χ1n) is 4.03. The van der Waals surface area contributed by atoms with Crippen molar-refractivity contribution >= 4 is 27.5 Å². The van der Waals surface area contributed by atoms with Gasteiger partial charge in [0.1, 0.15) is 5.82 Å². The lowest BCUT2D eigenvalue weighted by molar-refractivity contribution is 1.02. The van der Waals surface area contributed by atoms with Crippen LogP contribution in [0.1, 0.15) is 5.82 Å². The lowest BCUT2D eigenvalue weighted by atomic mass is 10.2. The van der Waals surface area contributed by atoms with Gasteiger partial charge in [0.15, 0.2) is 5.82 Å². The molecule has 0 atom stereocenters. The lowest BCUT2D eigenvalue weighted by Gasteiger charge is -1.94. The van der Waals surface area contributed by atoms with Crippen LogP contribution in [0.4, 0.5) is 0 Å². The molecule has 14 heavy (non-hydrogen) atoms. The molecule has 1 heterocycles. The lowest BCUT2D eigenvalue weighted by Crippen LogP contribution is -1.81. The minimum atomic E-state index is 0.348. The SMILES string of the molecule is ClCc1nc(-c2cccc(Br)c2)n[nH]1. The molecule has 1 aromatic heterocycles. The maximum absolute atomic E-state index is 5.62. The first-order chi connectivity index (χ1) is 6.79. The highest BCUT2D eigenvalue weighted by molar-refractivity contribution is 9.10. The van der Waals surface area contributed by atoms with E-state index >= 15 is 0 Å². The molecule has 0 amide bonds. The van der Waals surface area contributed by atoms with Crippen LogP contribution in [0.25, 0.3) is 11.4 Å². The van der Waals surface area contributed by atoms with E-state index in [2.05, 4.69) is 31.1 Å². The molecule has 0 saturated carbocycles. The van der Waals surface area contributed by atoms with Crippen LogP contribution < -0.4 is 0 Å². The van der Waals surface area contributed by atoms with Gasteiger partial charge in [-0.3, -0.25) is 5.10 Å². The van der Waals surface area contributed by atoms with Crippen molar-refractivity contribution in [1.29, 1.82) is 0 Å². The van der Waals surface area contributed by atoms with Gasteiger partial charge in [-0.05, 0) is 12.1 Å². The molecule has 1 N–H and O–H groups in total. The van der Waals surface area contributed by atoms with Crippen LogP contribution in [0.5, 0.6) is 0 Å². The number of alkyl halides is 1. The Hall–Kier alpha value is -0.870. The highest BCUT2D eigenvalue weighted by Crippen LogP contribution is 2.19. The van der Waals surface area contributed by atoms with Gasteiger partial charge in [0.2, 0.25) is 0 Å². The van der Waals surface area contributed by atoms with Gasteiger partial charge in [-0.25, -0.2) is 4.98 Å². The molecule has 0 radical (unpaired) electrons. The van der Waals surface area contributed by atoms with Crippen molar-refractivity contribution in [1.82, 2.24) is 15.2 Å². The summed E-state index contributed by atoms with van der Waals surface area (Å²) in [5, 5.41) is 6.82. The third kappa shape index (κ3) is 1.96. The summed E-state index contributed by atoms with van der Waals surface area (Å²) in [6.45, 7) is 0. The summed E-state index contributed by atoms with van der Waals surface area (Å²) in [6, 6.07) is 7.81. The molecule has 0 aliphatic heterocycles. The number of hydrogen-bond donors (Lipinski definition) is 1. The van der Waals surface area contributed by atoms with Crippen molar-refractivity contribution in [2.75, 3.05) is 0 Å². The molecular weight excluding hydrogens is 265 g/mol. The second-order valence-electron chi connectivity index (χ2n) is 2.75. The van der Waals surface area contributed by atoms with E-state index in [1.54, 1.807) is 0 Å². The maximum atomic E-state index is 5.62. The monoisotopic (exact) mass is 271 g/mol. The van der Waals surface area contributed by atoms with Gasteiger partial charge < -0.3 is 0 Å². The zero-order chi connectivity index (χ0) is 9.97. The van der Waals surface area contributed by atoms with E-state index in [9.17, 15) is 0 Å². The number of halogens is 2. The van der Waals surface area contributed by atoms with E-state index in [-0.39, 0.29) is 0 Å². The quantitative estimate of drug-likeness (QED) is 0.854. The summed E-state index contributed by atoms with van der Waals surface area (Å²) in [5.41, 5.74) is 0.965. The largest absolute Gasteiger partial charge is 0.262 e. The van der Waals surface area contributed by atoms with Gasteiger partial charge in [0, 0.05) is 10.0 Å². The fraction of sp³-hybridized carbons (Fsp3) is 0.111. The zero-order valence-corrected chi connectivity index (χ0v) is 9.51. The number of aromatic amines is 1. The minimum absolute atomic E-state index is 0.348. The van der Waals surface area contributed by atoms with Crippen molar-refractivity contribution in [2.45, 2.75) is 5.88 Å². The highest BCUT2D eigenvalue weighted by atomic mass is 79.9. The number of rotatable bonds is 2. The predicted molar refractivity (Wildman–Crippen MR) is 59.1 cm³/mol. The Balaban J connectivity index is 2.39. The fourth-order valence-electron chi connectivity index (χ4n) is 1.11. The van der Waals surface area contributed by atoms with Crippen LogP contribution in [0.3, 0.4) is 0 Å². The van der Waals surface area contributed by atoms with Crippen LogP contribution in [-0.4, -0.2) is 15.2 Å². The third-order valence-electron chi connectivity index (χ3n) is 1.74. The smallest absolute Gasteiger partial charge is 0.181 e. The Kier molecular flexibility index (Phi) is 2.84. The number of nitrogens with one attached hydrogen (secondary N) is 1. The minimum Gasteiger partial charge on any atom is -0.262 e. The number of H-pyrrole nitrogens is 1. The molecule has 1 aromatic carbocycles. The topological polar surface area (TPSA) is 41.6 Å². The van der Waals surface area contributed by atoms with Gasteiger partial charge in [-0.1, -0.05) is 28.1 Å². The van der Waals surface area contributed by atoms with Gasteiger partial charge in [-0.15, -0.1) is 11.6 Å². The Morgan fingerprint density at radius 2 is 2.29 bits per heavy atom. The van der Waals surface area contributed by atoms with Crippen molar-refractivity contribution in [3.8, 4) is 11.4 Å². The first-order valence-corrected chi connectivity index (χ1v) is 5.35. The Morgan fingerprint density at radius 3 is 2.93 bits per heavy atom. The maximum Gasteiger partial charge on any atom is 0.181 e. The van der Waals surface area contributed by atoms with Crippen LogP contribution in [-0.2, 0) is 5.88 Å². The average Bonchev–Trinajstić information content (AvgIpc) is 2.66. The zero-order valence-electron chi connectivity index (χ0n) is 7.17. The van der Waals surface area contributed by atoms with Crippen molar-refractivity contribution in [2.24, 2.45) is 0 Å². The van der Waals surface area contributed by atoms with E-state index in [4.69, 9.17) is 11.6 Å². The number of hydrogen-bond acceptors (Lipinski definition) is 2. The van der Waals surface area contributed by atoms with Crippen LogP contribution in [0.15, 0.2) is 28.7 Å². The Labute approximate surface area is 94.6 Å². The van der Waals surface area contributed by atoms with Crippen molar-refractivity contribution < 1.29 is 0 Å². The summed E-state index contributed by atoms with van der Waals surface area (Å²) >= 11 is 9.01. The molecule has 0 spiro atoms. The van der Waals surface area contributed by atoms with E-state index in [1.807, 2.05) is 24.3 Å². The van der Waals surface area contributed by atoms with Crippen LogP contribution in [0.2, 0.25) is 0 Å². The molecule has 2 rings (SSSR count). The van der Waals surface area contributed by atoms with Crippen LogP contribution in [0, 0.1) is 0 Å². The average molecular weight is 273 g/mol. The fourth-order valence-corrected chi connectivity index (χ4v) is 1.63. The molecule has 0 aliphatic carbocycles. The van der Waals surface area contributed by atoms with E-state index in [1.165, 1.54) is 0 Å². The van der Waals surface area contributed by atoms with Gasteiger partial charge >= 0.3 is 0 Å². The number of nitrogens with zero attached hydrogens (tertiary/aromatic N) is 2. The molecular formula is C9H7BrClN3. The third-order valence-corrected chi connectivity index (χ3v) is 2.49. The first kappa shape index (κ1) is 9.68. The molecule has 0 bridgehead atoms. The summed E-state index contributed by atoms with van der Waals surface area (Å²) in [4.78, 5) is 4.22. The number of aromatic nitrogens is 3. The second kappa shape index (κ2) is 4.11. The van der Waals surface area contributed by atoms with Crippen molar-refractivity contribution in [3.63, 3.8) is 0 Å². The summed E-state index contributed by atoms with van der Waals surface area (Å²) in [7, 11) is 0. The molecule has 2 aromatic rings. The van der Waals surface area contributed by atoms with Gasteiger partial charge in [0.25, 0.3) is 0 Å².